The first-order valence-electron chi connectivity index (χ1n) is 7.84. The van der Waals surface area contributed by atoms with Crippen molar-refractivity contribution in [1.82, 2.24) is 4.90 Å². The summed E-state index contributed by atoms with van der Waals surface area (Å²) in [7, 11) is 0. The molecule has 1 saturated heterocycles. The molecule has 2 aromatic rings. The van der Waals surface area contributed by atoms with Crippen LogP contribution in [0.4, 0.5) is 0 Å². The lowest BCUT2D eigenvalue weighted by atomic mass is 9.96. The van der Waals surface area contributed by atoms with E-state index in [1.54, 1.807) is 6.07 Å². The van der Waals surface area contributed by atoms with Crippen LogP contribution in [0, 0.1) is 0 Å². The minimum Gasteiger partial charge on any atom is -0.507 e. The number of phenols is 1. The zero-order valence-electron chi connectivity index (χ0n) is 12.7. The molecule has 4 rings (SSSR count). The third-order valence-electron chi connectivity index (χ3n) is 4.51. The Kier molecular flexibility index (Phi) is 3.91. The van der Waals surface area contributed by atoms with Gasteiger partial charge in [-0.3, -0.25) is 4.90 Å². The topological polar surface area (TPSA) is 41.9 Å². The van der Waals surface area contributed by atoms with E-state index in [4.69, 9.17) is 9.47 Å². The van der Waals surface area contributed by atoms with Crippen LogP contribution >= 0.6 is 15.9 Å². The average molecular weight is 376 g/mol. The highest BCUT2D eigenvalue weighted by atomic mass is 79.9. The van der Waals surface area contributed by atoms with Crippen LogP contribution in [0.1, 0.15) is 30.0 Å². The van der Waals surface area contributed by atoms with Gasteiger partial charge in [-0.25, -0.2) is 0 Å². The summed E-state index contributed by atoms with van der Waals surface area (Å²) >= 11 is 3.49. The van der Waals surface area contributed by atoms with Gasteiger partial charge in [-0.05, 0) is 49.7 Å². The summed E-state index contributed by atoms with van der Waals surface area (Å²) in [5.41, 5.74) is 2.04. The fourth-order valence-electron chi connectivity index (χ4n) is 3.40. The molecule has 2 aliphatic rings. The summed E-state index contributed by atoms with van der Waals surface area (Å²) in [6, 6.07) is 11.9. The lowest BCUT2D eigenvalue weighted by Crippen LogP contribution is -2.26. The van der Waals surface area contributed by atoms with E-state index in [9.17, 15) is 5.11 Å². The maximum absolute atomic E-state index is 10.5. The van der Waals surface area contributed by atoms with Crippen LogP contribution in [-0.4, -0.2) is 29.9 Å². The number of hydrogen-bond acceptors (Lipinski definition) is 4. The number of phenolic OH excluding ortho intramolecular Hbond substituents is 1. The van der Waals surface area contributed by atoms with Crippen molar-refractivity contribution in [2.24, 2.45) is 0 Å². The molecule has 120 valence electrons. The smallest absolute Gasteiger partial charge is 0.231 e. The Hall–Kier alpha value is -1.72. The molecule has 1 fully saturated rings. The Bertz CT molecular complexity index is 711. The second-order valence-electron chi connectivity index (χ2n) is 5.96. The molecule has 0 saturated carbocycles. The van der Waals surface area contributed by atoms with Gasteiger partial charge in [0.1, 0.15) is 5.75 Å². The molecule has 4 nitrogen and oxygen atoms in total. The van der Waals surface area contributed by atoms with Crippen LogP contribution in [0.5, 0.6) is 17.2 Å². The summed E-state index contributed by atoms with van der Waals surface area (Å²) < 4.78 is 11.9. The Morgan fingerprint density at radius 3 is 2.35 bits per heavy atom. The Morgan fingerprint density at radius 2 is 1.65 bits per heavy atom. The molecule has 0 amide bonds. The highest BCUT2D eigenvalue weighted by Crippen LogP contribution is 2.43. The number of nitrogens with zero attached hydrogens (tertiary/aromatic N) is 1. The highest BCUT2D eigenvalue weighted by molar-refractivity contribution is 9.10. The number of halogens is 1. The Morgan fingerprint density at radius 1 is 1.00 bits per heavy atom. The number of likely N-dealkylation sites (tertiary alicyclic amines) is 1. The standard InChI is InChI=1S/C18H18BrNO3/c19-13-5-3-12(4-6-13)18(20-7-1-2-8-20)14-9-16-17(10-15(14)21)23-11-22-16/h3-6,9-10,18,21H,1-2,7-8,11H2. The fraction of sp³-hybridized carbons (Fsp3) is 0.333. The van der Waals surface area contributed by atoms with Gasteiger partial charge in [-0.15, -0.1) is 0 Å². The van der Waals surface area contributed by atoms with Gasteiger partial charge in [0.25, 0.3) is 0 Å². The van der Waals surface area contributed by atoms with E-state index in [2.05, 4.69) is 33.0 Å². The number of ether oxygens (including phenoxy) is 2. The molecule has 0 bridgehead atoms. The number of hydrogen-bond donors (Lipinski definition) is 1. The number of benzene rings is 2. The summed E-state index contributed by atoms with van der Waals surface area (Å²) in [6.45, 7) is 2.29. The molecule has 1 atom stereocenters. The van der Waals surface area contributed by atoms with Gasteiger partial charge >= 0.3 is 0 Å². The third kappa shape index (κ3) is 2.79. The Balaban J connectivity index is 1.80. The Labute approximate surface area is 143 Å². The van der Waals surface area contributed by atoms with Gasteiger partial charge in [-0.2, -0.15) is 0 Å². The first-order chi connectivity index (χ1) is 11.2. The van der Waals surface area contributed by atoms with Gasteiger partial charge in [0, 0.05) is 16.1 Å². The van der Waals surface area contributed by atoms with E-state index in [1.165, 1.54) is 18.4 Å². The molecule has 0 aromatic heterocycles. The predicted molar refractivity (Wildman–Crippen MR) is 91.0 cm³/mol. The van der Waals surface area contributed by atoms with Crippen molar-refractivity contribution in [2.45, 2.75) is 18.9 Å². The molecular formula is C18H18BrNO3. The van der Waals surface area contributed by atoms with E-state index in [-0.39, 0.29) is 18.6 Å². The minimum atomic E-state index is 0.0279. The lowest BCUT2D eigenvalue weighted by Gasteiger charge is -2.29. The number of fused-ring (bicyclic) bond motifs is 1. The van der Waals surface area contributed by atoms with Crippen molar-refractivity contribution < 1.29 is 14.6 Å². The van der Waals surface area contributed by atoms with E-state index in [1.807, 2.05) is 18.2 Å². The molecule has 0 spiro atoms. The second-order valence-corrected chi connectivity index (χ2v) is 6.88. The molecule has 5 heteroatoms. The maximum Gasteiger partial charge on any atom is 0.231 e. The lowest BCUT2D eigenvalue weighted by molar-refractivity contribution is 0.173. The van der Waals surface area contributed by atoms with Crippen LogP contribution in [-0.2, 0) is 0 Å². The molecule has 1 N–H and O–H groups in total. The molecule has 23 heavy (non-hydrogen) atoms. The molecule has 0 aliphatic carbocycles. The SMILES string of the molecule is Oc1cc2c(cc1C(c1ccc(Br)cc1)N1CCCC1)OCO2. The maximum atomic E-state index is 10.5. The molecular weight excluding hydrogens is 358 g/mol. The van der Waals surface area contributed by atoms with E-state index >= 15 is 0 Å². The van der Waals surface area contributed by atoms with Gasteiger partial charge in [-0.1, -0.05) is 28.1 Å². The quantitative estimate of drug-likeness (QED) is 0.877. The first kappa shape index (κ1) is 14.8. The fourth-order valence-corrected chi connectivity index (χ4v) is 3.66. The third-order valence-corrected chi connectivity index (χ3v) is 5.04. The van der Waals surface area contributed by atoms with Gasteiger partial charge in [0.05, 0.1) is 6.04 Å². The van der Waals surface area contributed by atoms with Crippen LogP contribution in [0.25, 0.3) is 0 Å². The molecule has 0 radical (unpaired) electrons. The summed E-state index contributed by atoms with van der Waals surface area (Å²) in [5, 5.41) is 10.5. The number of aromatic hydroxyl groups is 1. The largest absolute Gasteiger partial charge is 0.507 e. The van der Waals surface area contributed by atoms with Gasteiger partial charge in [0.15, 0.2) is 11.5 Å². The predicted octanol–water partition coefficient (Wildman–Crippen LogP) is 4.07. The average Bonchev–Trinajstić information content (AvgIpc) is 3.21. The summed E-state index contributed by atoms with van der Waals surface area (Å²) in [6.07, 6.45) is 2.39. The molecule has 2 heterocycles. The normalized spacial score (nSPS) is 18.3. The van der Waals surface area contributed by atoms with Crippen LogP contribution in [0.15, 0.2) is 40.9 Å². The summed E-state index contributed by atoms with van der Waals surface area (Å²) in [5.74, 6) is 1.58. The van der Waals surface area contributed by atoms with Gasteiger partial charge in [0.2, 0.25) is 6.79 Å². The van der Waals surface area contributed by atoms with Crippen molar-refractivity contribution >= 4 is 15.9 Å². The van der Waals surface area contributed by atoms with Crippen molar-refractivity contribution in [2.75, 3.05) is 19.9 Å². The zero-order chi connectivity index (χ0) is 15.8. The number of rotatable bonds is 3. The summed E-state index contributed by atoms with van der Waals surface area (Å²) in [4.78, 5) is 2.42. The van der Waals surface area contributed by atoms with Crippen LogP contribution in [0.3, 0.4) is 0 Å². The molecule has 2 aliphatic heterocycles. The van der Waals surface area contributed by atoms with Crippen molar-refractivity contribution in [3.8, 4) is 17.2 Å². The van der Waals surface area contributed by atoms with E-state index in [0.29, 0.717) is 11.5 Å². The second kappa shape index (κ2) is 6.06. The van der Waals surface area contributed by atoms with E-state index < -0.39 is 0 Å². The van der Waals surface area contributed by atoms with Crippen molar-refractivity contribution in [1.29, 1.82) is 0 Å². The van der Waals surface area contributed by atoms with Crippen molar-refractivity contribution in [3.05, 3.63) is 52.0 Å². The monoisotopic (exact) mass is 375 g/mol. The van der Waals surface area contributed by atoms with Crippen molar-refractivity contribution in [3.63, 3.8) is 0 Å². The van der Waals surface area contributed by atoms with Gasteiger partial charge < -0.3 is 14.6 Å². The highest BCUT2D eigenvalue weighted by Gasteiger charge is 2.29. The first-order valence-corrected chi connectivity index (χ1v) is 8.64. The molecule has 1 unspecified atom stereocenters. The van der Waals surface area contributed by atoms with E-state index in [0.717, 1.165) is 23.1 Å². The minimum absolute atomic E-state index is 0.0279. The zero-order valence-corrected chi connectivity index (χ0v) is 14.3. The van der Waals surface area contributed by atoms with Crippen LogP contribution in [0.2, 0.25) is 0 Å². The van der Waals surface area contributed by atoms with Crippen LogP contribution < -0.4 is 9.47 Å². The molecule has 2 aromatic carbocycles.